The first-order chi connectivity index (χ1) is 7.59. The Morgan fingerprint density at radius 2 is 2.44 bits per heavy atom. The number of aliphatic hydroxyl groups is 1. The molecule has 2 unspecified atom stereocenters. The molecule has 6 heteroatoms. The third-order valence-corrected chi connectivity index (χ3v) is 3.34. The Kier molecular flexibility index (Phi) is 3.16. The van der Waals surface area contributed by atoms with Gasteiger partial charge >= 0.3 is 0 Å². The van der Waals surface area contributed by atoms with Gasteiger partial charge in [0.1, 0.15) is 5.02 Å². The molecule has 0 aliphatic carbocycles. The van der Waals surface area contributed by atoms with Gasteiger partial charge in [0.2, 0.25) is 0 Å². The number of halogens is 1. The highest BCUT2D eigenvalue weighted by Gasteiger charge is 2.26. The molecule has 0 saturated carbocycles. The smallest absolute Gasteiger partial charge is 0.271 e. The zero-order valence-corrected chi connectivity index (χ0v) is 9.74. The molecule has 1 fully saturated rings. The minimum absolute atomic E-state index is 0.0873. The zero-order chi connectivity index (χ0) is 11.7. The summed E-state index contributed by atoms with van der Waals surface area (Å²) in [6.07, 6.45) is 1.80. The summed E-state index contributed by atoms with van der Waals surface area (Å²) >= 11 is 5.88. The van der Waals surface area contributed by atoms with Crippen LogP contribution >= 0.6 is 11.6 Å². The first-order valence-electron chi connectivity index (χ1n) is 5.26. The van der Waals surface area contributed by atoms with Gasteiger partial charge < -0.3 is 15.0 Å². The van der Waals surface area contributed by atoms with Crippen molar-refractivity contribution in [2.45, 2.75) is 19.4 Å². The minimum atomic E-state index is -0.397. The van der Waals surface area contributed by atoms with Crippen LogP contribution < -0.4 is 10.5 Å². The van der Waals surface area contributed by atoms with Crippen LogP contribution in [0.15, 0.2) is 11.1 Å². The second-order valence-electron chi connectivity index (χ2n) is 4.15. The standard InChI is InChI=1S/C10H14ClN3O2/c1-6-2-3-14(4-7(6)15)9-8(11)10(16)13-5-12-9/h5-7,15H,2-4H2,1H3,(H,12,13,16). The lowest BCUT2D eigenvalue weighted by Gasteiger charge is -2.35. The Labute approximate surface area is 98.1 Å². The van der Waals surface area contributed by atoms with Crippen LogP contribution in [0.3, 0.4) is 0 Å². The molecular formula is C10H14ClN3O2. The summed E-state index contributed by atoms with van der Waals surface area (Å²) in [6.45, 7) is 3.24. The molecule has 5 nitrogen and oxygen atoms in total. The minimum Gasteiger partial charge on any atom is -0.391 e. The first kappa shape index (κ1) is 11.4. The molecule has 0 spiro atoms. The van der Waals surface area contributed by atoms with E-state index in [-0.39, 0.29) is 16.5 Å². The van der Waals surface area contributed by atoms with Crippen molar-refractivity contribution < 1.29 is 5.11 Å². The number of hydrogen-bond acceptors (Lipinski definition) is 4. The monoisotopic (exact) mass is 243 g/mol. The quantitative estimate of drug-likeness (QED) is 0.759. The molecule has 2 N–H and O–H groups in total. The zero-order valence-electron chi connectivity index (χ0n) is 8.98. The molecule has 1 saturated heterocycles. The number of hydrogen-bond donors (Lipinski definition) is 2. The Hall–Kier alpha value is -1.07. The van der Waals surface area contributed by atoms with Gasteiger partial charge in [-0.3, -0.25) is 4.79 Å². The van der Waals surface area contributed by atoms with Crippen molar-refractivity contribution in [2.24, 2.45) is 5.92 Å². The number of β-amino-alcohol motifs (C(OH)–C–C–N with tert-alkyl or cyclic N) is 1. The van der Waals surface area contributed by atoms with E-state index in [2.05, 4.69) is 9.97 Å². The SMILES string of the molecule is CC1CCN(c2nc[nH]c(=O)c2Cl)CC1O. The average molecular weight is 244 g/mol. The highest BCUT2D eigenvalue weighted by molar-refractivity contribution is 6.32. The van der Waals surface area contributed by atoms with Crippen LogP contribution in [0, 0.1) is 5.92 Å². The van der Waals surface area contributed by atoms with Gasteiger partial charge in [-0.1, -0.05) is 18.5 Å². The van der Waals surface area contributed by atoms with Crippen molar-refractivity contribution in [2.75, 3.05) is 18.0 Å². The first-order valence-corrected chi connectivity index (χ1v) is 5.63. The Morgan fingerprint density at radius 3 is 3.12 bits per heavy atom. The normalized spacial score (nSPS) is 25.8. The number of rotatable bonds is 1. The molecule has 0 amide bonds. The molecule has 16 heavy (non-hydrogen) atoms. The number of nitrogens with zero attached hydrogens (tertiary/aromatic N) is 2. The lowest BCUT2D eigenvalue weighted by atomic mass is 9.96. The maximum absolute atomic E-state index is 11.3. The summed E-state index contributed by atoms with van der Waals surface area (Å²) in [4.78, 5) is 19.6. The van der Waals surface area contributed by atoms with Crippen LogP contribution in [-0.2, 0) is 0 Å². The van der Waals surface area contributed by atoms with E-state index < -0.39 is 6.10 Å². The summed E-state index contributed by atoms with van der Waals surface area (Å²) in [7, 11) is 0. The molecule has 0 aromatic carbocycles. The van der Waals surface area contributed by atoms with Crippen molar-refractivity contribution in [3.8, 4) is 0 Å². The number of H-pyrrole nitrogens is 1. The van der Waals surface area contributed by atoms with Crippen molar-refractivity contribution in [3.63, 3.8) is 0 Å². The van der Waals surface area contributed by atoms with Crippen LogP contribution in [0.4, 0.5) is 5.82 Å². The fourth-order valence-electron chi connectivity index (χ4n) is 1.84. The molecular weight excluding hydrogens is 230 g/mol. The molecule has 1 aromatic heterocycles. The van der Waals surface area contributed by atoms with Crippen LogP contribution in [-0.4, -0.2) is 34.3 Å². The second-order valence-corrected chi connectivity index (χ2v) is 4.53. The summed E-state index contributed by atoms with van der Waals surface area (Å²) in [5.74, 6) is 0.730. The van der Waals surface area contributed by atoms with E-state index >= 15 is 0 Å². The maximum atomic E-state index is 11.3. The number of aromatic nitrogens is 2. The maximum Gasteiger partial charge on any atom is 0.271 e. The van der Waals surface area contributed by atoms with E-state index in [9.17, 15) is 9.90 Å². The van der Waals surface area contributed by atoms with E-state index in [1.807, 2.05) is 11.8 Å². The van der Waals surface area contributed by atoms with Gasteiger partial charge in [0.25, 0.3) is 5.56 Å². The summed E-state index contributed by atoms with van der Waals surface area (Å²) in [5, 5.41) is 9.86. The molecule has 2 rings (SSSR count). The van der Waals surface area contributed by atoms with E-state index in [4.69, 9.17) is 11.6 Å². The van der Waals surface area contributed by atoms with Crippen molar-refractivity contribution in [1.82, 2.24) is 9.97 Å². The van der Waals surface area contributed by atoms with E-state index in [1.165, 1.54) is 6.33 Å². The summed E-state index contributed by atoms with van der Waals surface area (Å²) in [6, 6.07) is 0. The average Bonchev–Trinajstić information content (AvgIpc) is 2.26. The fourth-order valence-corrected chi connectivity index (χ4v) is 2.06. The molecule has 1 aliphatic rings. The van der Waals surface area contributed by atoms with Crippen LogP contribution in [0.1, 0.15) is 13.3 Å². The van der Waals surface area contributed by atoms with Crippen molar-refractivity contribution in [3.05, 3.63) is 21.7 Å². The number of piperidine rings is 1. The highest BCUT2D eigenvalue weighted by Crippen LogP contribution is 2.24. The van der Waals surface area contributed by atoms with E-state index in [0.717, 1.165) is 13.0 Å². The predicted octanol–water partition coefficient (Wildman–Crippen LogP) is 0.630. The number of nitrogens with one attached hydrogen (secondary N) is 1. The molecule has 1 aromatic rings. The van der Waals surface area contributed by atoms with Crippen LogP contribution in [0.5, 0.6) is 0 Å². The largest absolute Gasteiger partial charge is 0.391 e. The summed E-state index contributed by atoms with van der Waals surface area (Å²) in [5.41, 5.74) is -0.347. The third-order valence-electron chi connectivity index (χ3n) is 3.00. The summed E-state index contributed by atoms with van der Waals surface area (Å²) < 4.78 is 0. The predicted molar refractivity (Wildman–Crippen MR) is 61.9 cm³/mol. The van der Waals surface area contributed by atoms with Gasteiger partial charge in [-0.15, -0.1) is 0 Å². The molecule has 0 bridgehead atoms. The second kappa shape index (κ2) is 4.43. The van der Waals surface area contributed by atoms with Crippen molar-refractivity contribution in [1.29, 1.82) is 0 Å². The van der Waals surface area contributed by atoms with E-state index in [1.54, 1.807) is 0 Å². The van der Waals surface area contributed by atoms with Crippen LogP contribution in [0.25, 0.3) is 0 Å². The lowest BCUT2D eigenvalue weighted by Crippen LogP contribution is -2.43. The molecule has 1 aliphatic heterocycles. The highest BCUT2D eigenvalue weighted by atomic mass is 35.5. The Bertz CT molecular complexity index is 434. The van der Waals surface area contributed by atoms with Gasteiger partial charge in [0.15, 0.2) is 5.82 Å². The Morgan fingerprint density at radius 1 is 1.69 bits per heavy atom. The van der Waals surface area contributed by atoms with Gasteiger partial charge in [-0.2, -0.15) is 0 Å². The topological polar surface area (TPSA) is 69.2 Å². The number of aliphatic hydroxyl groups excluding tert-OH is 1. The van der Waals surface area contributed by atoms with E-state index in [0.29, 0.717) is 12.4 Å². The molecule has 2 heterocycles. The molecule has 0 radical (unpaired) electrons. The molecule has 88 valence electrons. The third kappa shape index (κ3) is 2.05. The van der Waals surface area contributed by atoms with Crippen LogP contribution in [0.2, 0.25) is 5.02 Å². The van der Waals surface area contributed by atoms with Gasteiger partial charge in [-0.25, -0.2) is 4.98 Å². The van der Waals surface area contributed by atoms with Gasteiger partial charge in [0, 0.05) is 13.1 Å². The van der Waals surface area contributed by atoms with Gasteiger partial charge in [-0.05, 0) is 12.3 Å². The van der Waals surface area contributed by atoms with Gasteiger partial charge in [0.05, 0.1) is 12.4 Å². The fraction of sp³-hybridized carbons (Fsp3) is 0.600. The number of aromatic amines is 1. The number of anilines is 1. The lowest BCUT2D eigenvalue weighted by molar-refractivity contribution is 0.102. The Balaban J connectivity index is 2.25. The van der Waals surface area contributed by atoms with Crippen molar-refractivity contribution >= 4 is 17.4 Å². The molecule has 2 atom stereocenters.